The topological polar surface area (TPSA) is 98.9 Å². The molecule has 0 amide bonds. The molecular weight excluding hydrogens is 518 g/mol. The van der Waals surface area contributed by atoms with Gasteiger partial charge in [-0.05, 0) is 32.3 Å². The van der Waals surface area contributed by atoms with Crippen molar-refractivity contribution in [1.29, 1.82) is 0 Å². The van der Waals surface area contributed by atoms with Crippen LogP contribution in [0.3, 0.4) is 0 Å². The monoisotopic (exact) mass is 546 g/mol. The molecule has 0 atom stereocenters. The van der Waals surface area contributed by atoms with Gasteiger partial charge in [-0.25, -0.2) is 14.6 Å². The molecule has 204 valence electrons. The van der Waals surface area contributed by atoms with Gasteiger partial charge in [0.1, 0.15) is 5.82 Å². The summed E-state index contributed by atoms with van der Waals surface area (Å²) in [5.41, 5.74) is 1.35. The number of aromatic nitrogens is 2. The zero-order chi connectivity index (χ0) is 27.7. The van der Waals surface area contributed by atoms with Crippen LogP contribution < -0.4 is 0 Å². The van der Waals surface area contributed by atoms with E-state index in [2.05, 4.69) is 64.0 Å². The van der Waals surface area contributed by atoms with Crippen molar-refractivity contribution in [3.05, 3.63) is 40.1 Å². The maximum Gasteiger partial charge on any atom is 0.490 e. The van der Waals surface area contributed by atoms with Crippen LogP contribution >= 0.6 is 11.3 Å². The molecule has 0 spiro atoms. The second kappa shape index (κ2) is 13.6. The first-order valence-corrected chi connectivity index (χ1v) is 11.5. The predicted molar refractivity (Wildman–Crippen MR) is 120 cm³/mol. The largest absolute Gasteiger partial charge is 0.490 e. The van der Waals surface area contributed by atoms with Gasteiger partial charge in [0.05, 0.1) is 5.69 Å². The van der Waals surface area contributed by atoms with Crippen LogP contribution in [0, 0.1) is 0 Å². The SMILES string of the molecule is CC(C)N(C)Cc1cnc2n1CCN(Cc1cccs1)CC2.O=C(O)C(F)(F)F.O=C(O)C(F)(F)F. The second-order valence-corrected chi connectivity index (χ2v) is 9.07. The molecule has 2 N–H and O–H groups in total. The Labute approximate surface area is 207 Å². The lowest BCUT2D eigenvalue weighted by Crippen LogP contribution is -2.28. The van der Waals surface area contributed by atoms with E-state index in [0.29, 0.717) is 6.04 Å². The highest BCUT2D eigenvalue weighted by Gasteiger charge is 2.38. The minimum atomic E-state index is -5.08. The third-order valence-corrected chi connectivity index (χ3v) is 5.91. The summed E-state index contributed by atoms with van der Waals surface area (Å²) in [6.45, 7) is 9.81. The Hall–Kier alpha value is -2.65. The smallest absolute Gasteiger partial charge is 0.475 e. The molecule has 0 bridgehead atoms. The highest BCUT2D eigenvalue weighted by molar-refractivity contribution is 7.09. The summed E-state index contributed by atoms with van der Waals surface area (Å²) in [4.78, 5) is 28.8. The van der Waals surface area contributed by atoms with Gasteiger partial charge in [0.2, 0.25) is 0 Å². The molecule has 0 unspecified atom stereocenters. The molecular formula is C21H28F6N4O4S. The molecule has 3 heterocycles. The van der Waals surface area contributed by atoms with Crippen molar-refractivity contribution >= 4 is 23.3 Å². The molecule has 1 aliphatic heterocycles. The zero-order valence-corrected chi connectivity index (χ0v) is 20.6. The van der Waals surface area contributed by atoms with Gasteiger partial charge in [-0.1, -0.05) is 6.07 Å². The Morgan fingerprint density at radius 2 is 1.64 bits per heavy atom. The lowest BCUT2D eigenvalue weighted by Gasteiger charge is -2.22. The summed E-state index contributed by atoms with van der Waals surface area (Å²) in [5.74, 6) is -4.26. The number of imidazole rings is 1. The maximum atomic E-state index is 10.6. The standard InChI is InChI=1S/C17H26N4S.2C2HF3O2/c1-14(2)19(3)12-15-11-18-17-6-7-20(8-9-21(15)17)13-16-5-4-10-22-16;2*3-2(4,5)1(6)7/h4-5,10-11,14H,6-9,12-13H2,1-3H3;2*(H,6,7). The molecule has 0 aromatic carbocycles. The fourth-order valence-corrected chi connectivity index (χ4v) is 3.63. The quantitative estimate of drug-likeness (QED) is 0.545. The van der Waals surface area contributed by atoms with E-state index in [-0.39, 0.29) is 0 Å². The Kier molecular flexibility index (Phi) is 11.9. The van der Waals surface area contributed by atoms with E-state index in [0.717, 1.165) is 39.1 Å². The van der Waals surface area contributed by atoms with Crippen molar-refractivity contribution in [2.75, 3.05) is 20.1 Å². The molecule has 1 aliphatic rings. The van der Waals surface area contributed by atoms with Gasteiger partial charge in [0.25, 0.3) is 0 Å². The van der Waals surface area contributed by atoms with Crippen LogP contribution in [0.2, 0.25) is 0 Å². The minimum Gasteiger partial charge on any atom is -0.475 e. The number of thiophene rings is 1. The number of hydrogen-bond donors (Lipinski definition) is 2. The second-order valence-electron chi connectivity index (χ2n) is 8.04. The minimum absolute atomic E-state index is 0.562. The van der Waals surface area contributed by atoms with Crippen molar-refractivity contribution in [2.45, 2.75) is 58.3 Å². The van der Waals surface area contributed by atoms with Gasteiger partial charge in [-0.3, -0.25) is 9.80 Å². The van der Waals surface area contributed by atoms with Gasteiger partial charge >= 0.3 is 24.3 Å². The summed E-state index contributed by atoms with van der Waals surface area (Å²) >= 11 is 1.85. The number of aliphatic carboxylic acids is 2. The number of alkyl halides is 6. The molecule has 15 heteroatoms. The van der Waals surface area contributed by atoms with Crippen LogP contribution in [0.25, 0.3) is 0 Å². The Morgan fingerprint density at radius 1 is 1.08 bits per heavy atom. The van der Waals surface area contributed by atoms with Crippen molar-refractivity contribution in [1.82, 2.24) is 19.4 Å². The predicted octanol–water partition coefficient (Wildman–Crippen LogP) is 4.11. The number of carbonyl (C=O) groups is 2. The van der Waals surface area contributed by atoms with E-state index in [4.69, 9.17) is 19.8 Å². The number of nitrogens with zero attached hydrogens (tertiary/aromatic N) is 4. The first kappa shape index (κ1) is 31.4. The number of rotatable bonds is 5. The summed E-state index contributed by atoms with van der Waals surface area (Å²) < 4.78 is 65.9. The molecule has 0 aliphatic carbocycles. The molecule has 36 heavy (non-hydrogen) atoms. The van der Waals surface area contributed by atoms with E-state index in [1.165, 1.54) is 16.4 Å². The highest BCUT2D eigenvalue weighted by Crippen LogP contribution is 2.17. The lowest BCUT2D eigenvalue weighted by atomic mass is 10.3. The van der Waals surface area contributed by atoms with Crippen molar-refractivity contribution in [3.63, 3.8) is 0 Å². The molecule has 2 aromatic heterocycles. The number of carboxylic acid groups (broad SMARTS) is 2. The maximum absolute atomic E-state index is 10.6. The first-order chi connectivity index (χ1) is 16.5. The summed E-state index contributed by atoms with van der Waals surface area (Å²) in [6, 6.07) is 4.94. The van der Waals surface area contributed by atoms with E-state index in [9.17, 15) is 26.3 Å². The van der Waals surface area contributed by atoms with Crippen molar-refractivity contribution < 1.29 is 46.1 Å². The fraction of sp³-hybridized carbons (Fsp3) is 0.571. The van der Waals surface area contributed by atoms with Crippen molar-refractivity contribution in [2.24, 2.45) is 0 Å². The average molecular weight is 547 g/mol. The fourth-order valence-electron chi connectivity index (χ4n) is 2.88. The van der Waals surface area contributed by atoms with Gasteiger partial charge in [0, 0.05) is 56.3 Å². The van der Waals surface area contributed by atoms with Crippen LogP contribution in [0.4, 0.5) is 26.3 Å². The van der Waals surface area contributed by atoms with Gasteiger partial charge < -0.3 is 14.8 Å². The highest BCUT2D eigenvalue weighted by atomic mass is 32.1. The van der Waals surface area contributed by atoms with Gasteiger partial charge in [-0.2, -0.15) is 26.3 Å². The van der Waals surface area contributed by atoms with E-state index in [1.807, 2.05) is 11.3 Å². The number of halogens is 6. The van der Waals surface area contributed by atoms with Crippen LogP contribution in [0.1, 0.15) is 30.2 Å². The number of carboxylic acids is 2. The Balaban J connectivity index is 0.000000383. The number of fused-ring (bicyclic) bond motifs is 1. The third-order valence-electron chi connectivity index (χ3n) is 5.05. The third kappa shape index (κ3) is 11.0. The lowest BCUT2D eigenvalue weighted by molar-refractivity contribution is -0.193. The molecule has 8 nitrogen and oxygen atoms in total. The van der Waals surface area contributed by atoms with E-state index in [1.54, 1.807) is 0 Å². The van der Waals surface area contributed by atoms with E-state index < -0.39 is 24.3 Å². The molecule has 3 rings (SSSR count). The van der Waals surface area contributed by atoms with Gasteiger partial charge in [0.15, 0.2) is 0 Å². The zero-order valence-electron chi connectivity index (χ0n) is 19.8. The molecule has 0 radical (unpaired) electrons. The normalized spacial score (nSPS) is 14.3. The molecule has 0 fully saturated rings. The number of hydrogen-bond acceptors (Lipinski definition) is 6. The van der Waals surface area contributed by atoms with E-state index >= 15 is 0 Å². The summed E-state index contributed by atoms with van der Waals surface area (Å²) in [7, 11) is 2.18. The molecule has 0 saturated heterocycles. The average Bonchev–Trinajstić information content (AvgIpc) is 3.34. The summed E-state index contributed by atoms with van der Waals surface area (Å²) in [5, 5.41) is 16.4. The van der Waals surface area contributed by atoms with Gasteiger partial charge in [-0.15, -0.1) is 11.3 Å². The Bertz CT molecular complexity index is 937. The van der Waals surface area contributed by atoms with Crippen LogP contribution in [-0.2, 0) is 35.6 Å². The first-order valence-electron chi connectivity index (χ1n) is 10.6. The van der Waals surface area contributed by atoms with Crippen molar-refractivity contribution in [3.8, 4) is 0 Å². The van der Waals surface area contributed by atoms with Crippen LogP contribution in [0.15, 0.2) is 23.7 Å². The summed E-state index contributed by atoms with van der Waals surface area (Å²) in [6.07, 6.45) is -7.04. The molecule has 0 saturated carbocycles. The Morgan fingerprint density at radius 3 is 2.08 bits per heavy atom. The molecule has 2 aromatic rings. The van der Waals surface area contributed by atoms with Crippen LogP contribution in [-0.4, -0.2) is 80.0 Å². The van der Waals surface area contributed by atoms with Crippen LogP contribution in [0.5, 0.6) is 0 Å².